The zero-order chi connectivity index (χ0) is 47.7. The molecule has 0 aliphatic carbocycles. The van der Waals surface area contributed by atoms with Gasteiger partial charge in [0.15, 0.2) is 10.9 Å². The maximum absolute atomic E-state index is 12.1. The van der Waals surface area contributed by atoms with Crippen molar-refractivity contribution in [3.63, 3.8) is 0 Å². The molecular weight excluding hydrogens is 861 g/mol. The Hall–Kier alpha value is -9.30. The first kappa shape index (κ1) is 44.3. The van der Waals surface area contributed by atoms with Gasteiger partial charge in [-0.25, -0.2) is 9.59 Å². The summed E-state index contributed by atoms with van der Waals surface area (Å²) in [5.74, 6) is -4.03. The van der Waals surface area contributed by atoms with E-state index in [0.717, 1.165) is 23.1 Å². The molecule has 0 saturated heterocycles. The third kappa shape index (κ3) is 8.82. The normalized spacial score (nSPS) is 11.0. The standard InChI is InChI=1S/C27H18O7.C24H14O5.C2H4O2/c28-16-7-9-17-14(11-16)5-8-20-25(18-3-1-2-4-19(18)27(32)33)21-12-15(6-10-24(30)31)22(29)13-23(21)34-26(17)20;25-14-6-9-16-13(11-14)5-8-20-22(17-3-1-2-4-18(17)24(27)28)19-10-7-15(26)12-21(19)29-23(16)20;1-2(3)4/h1-5,7-9,11-13,29H,6,10H2,(H,30,31)(H,32,33);1-12,26H,(H,27,28);1H3,(H,3,4). The van der Waals surface area contributed by atoms with Crippen LogP contribution in [0.3, 0.4) is 0 Å². The monoisotopic (exact) mass is 896 g/mol. The highest BCUT2D eigenvalue weighted by Gasteiger charge is 2.22. The van der Waals surface area contributed by atoms with Crippen molar-refractivity contribution in [2.75, 3.05) is 0 Å². The van der Waals surface area contributed by atoms with E-state index in [0.29, 0.717) is 77.1 Å². The van der Waals surface area contributed by atoms with Gasteiger partial charge in [-0.2, -0.15) is 0 Å². The molecule has 14 heteroatoms. The minimum atomic E-state index is -1.10. The highest BCUT2D eigenvalue weighted by Crippen LogP contribution is 2.43. The summed E-state index contributed by atoms with van der Waals surface area (Å²) in [5, 5.41) is 62.0. The van der Waals surface area contributed by atoms with Crippen LogP contribution in [0.1, 0.15) is 39.6 Å². The van der Waals surface area contributed by atoms with E-state index in [4.69, 9.17) is 23.8 Å². The molecule has 10 aromatic rings. The Bertz CT molecular complexity index is 3800. The molecule has 0 unspecified atom stereocenters. The predicted molar refractivity (Wildman–Crippen MR) is 252 cm³/mol. The lowest BCUT2D eigenvalue weighted by Crippen LogP contribution is -2.01. The van der Waals surface area contributed by atoms with Crippen LogP contribution in [0, 0.1) is 0 Å². The SMILES string of the molecule is CC(=O)O.O=C(O)CCc1cc2c(-c3ccccc3C(=O)O)c3ccc4cc(=O)ccc4c3oc2cc1O.O=C(O)c1ccccc1-c1c2ccc(O)cc2oc2c1ccc1cc(=O)ccc12. The molecule has 0 saturated carbocycles. The molecular formula is C53H36O14. The summed E-state index contributed by atoms with van der Waals surface area (Å²) in [6, 6.07) is 37.7. The van der Waals surface area contributed by atoms with E-state index < -0.39 is 23.9 Å². The summed E-state index contributed by atoms with van der Waals surface area (Å²) < 4.78 is 12.3. The lowest BCUT2D eigenvalue weighted by atomic mass is 9.91. The lowest BCUT2D eigenvalue weighted by Gasteiger charge is -2.16. The van der Waals surface area contributed by atoms with Crippen molar-refractivity contribution in [1.29, 1.82) is 0 Å². The fraction of sp³-hybridized carbons (Fsp3) is 0.0566. The van der Waals surface area contributed by atoms with Crippen molar-refractivity contribution in [3.05, 3.63) is 177 Å². The van der Waals surface area contributed by atoms with Crippen LogP contribution in [0.25, 0.3) is 87.7 Å². The van der Waals surface area contributed by atoms with Crippen molar-refractivity contribution in [3.8, 4) is 33.8 Å². The molecule has 0 atom stereocenters. The van der Waals surface area contributed by atoms with Crippen LogP contribution < -0.4 is 10.9 Å². The van der Waals surface area contributed by atoms with E-state index in [-0.39, 0.29) is 46.3 Å². The smallest absolute Gasteiger partial charge is 0.336 e. The van der Waals surface area contributed by atoms with Gasteiger partial charge < -0.3 is 39.5 Å². The van der Waals surface area contributed by atoms with Crippen LogP contribution in [0.15, 0.2) is 158 Å². The van der Waals surface area contributed by atoms with Gasteiger partial charge in [-0.15, -0.1) is 0 Å². The number of fused-ring (bicyclic) bond motifs is 8. The molecule has 0 radical (unpaired) electrons. The fourth-order valence-electron chi connectivity index (χ4n) is 8.18. The summed E-state index contributed by atoms with van der Waals surface area (Å²) >= 11 is 0. The molecule has 0 aliphatic rings. The number of aromatic hydroxyl groups is 2. The van der Waals surface area contributed by atoms with Crippen molar-refractivity contribution in [2.45, 2.75) is 19.8 Å². The quantitative estimate of drug-likeness (QED) is 0.0643. The second-order valence-corrected chi connectivity index (χ2v) is 15.4. The topological polar surface area (TPSA) is 250 Å². The average molecular weight is 897 g/mol. The molecule has 2 heterocycles. The number of hydrogen-bond donors (Lipinski definition) is 6. The fourth-order valence-corrected chi connectivity index (χ4v) is 8.18. The Morgan fingerprint density at radius 1 is 0.493 bits per heavy atom. The van der Waals surface area contributed by atoms with E-state index in [1.54, 1.807) is 84.9 Å². The third-order valence-electron chi connectivity index (χ3n) is 11.0. The Morgan fingerprint density at radius 3 is 1.43 bits per heavy atom. The first-order valence-corrected chi connectivity index (χ1v) is 20.4. The minimum Gasteiger partial charge on any atom is -0.508 e. The summed E-state index contributed by atoms with van der Waals surface area (Å²) in [4.78, 5) is 67.6. The number of carbonyl (C=O) groups is 4. The zero-order valence-electron chi connectivity index (χ0n) is 35.1. The highest BCUT2D eigenvalue weighted by atomic mass is 16.4. The van der Waals surface area contributed by atoms with E-state index in [1.165, 1.54) is 42.5 Å². The number of aryl methyl sites for hydroxylation is 1. The van der Waals surface area contributed by atoms with Crippen LogP contribution in [-0.4, -0.2) is 54.5 Å². The van der Waals surface area contributed by atoms with Crippen LogP contribution in [0.5, 0.6) is 11.5 Å². The molecule has 0 bridgehead atoms. The number of benzene rings is 8. The van der Waals surface area contributed by atoms with Crippen LogP contribution in [0.2, 0.25) is 0 Å². The summed E-state index contributed by atoms with van der Waals surface area (Å²) in [6.07, 6.45) is -0.0772. The van der Waals surface area contributed by atoms with Gasteiger partial charge >= 0.3 is 17.9 Å². The highest BCUT2D eigenvalue weighted by molar-refractivity contribution is 6.19. The molecule has 0 amide bonds. The molecule has 14 nitrogen and oxygen atoms in total. The van der Waals surface area contributed by atoms with Gasteiger partial charge in [-0.1, -0.05) is 48.5 Å². The molecule has 2 aromatic heterocycles. The van der Waals surface area contributed by atoms with Gasteiger partial charge in [0.25, 0.3) is 5.97 Å². The van der Waals surface area contributed by atoms with Gasteiger partial charge in [-0.3, -0.25) is 19.2 Å². The van der Waals surface area contributed by atoms with E-state index in [9.17, 15) is 44.4 Å². The summed E-state index contributed by atoms with van der Waals surface area (Å²) in [6.45, 7) is 1.08. The first-order valence-electron chi connectivity index (χ1n) is 20.4. The zero-order valence-corrected chi connectivity index (χ0v) is 35.1. The van der Waals surface area contributed by atoms with Crippen molar-refractivity contribution >= 4 is 89.3 Å². The number of phenols is 2. The number of aromatic carboxylic acids is 2. The van der Waals surface area contributed by atoms with E-state index >= 15 is 0 Å². The number of phenolic OH excluding ortho intramolecular Hbond substituents is 2. The molecule has 6 N–H and O–H groups in total. The number of carboxylic acids is 4. The number of hydrogen-bond acceptors (Lipinski definition) is 10. The average Bonchev–Trinajstić information content (AvgIpc) is 3.29. The van der Waals surface area contributed by atoms with Crippen molar-refractivity contribution in [2.24, 2.45) is 0 Å². The molecule has 0 fully saturated rings. The molecule has 8 aromatic carbocycles. The number of aliphatic carboxylic acids is 2. The van der Waals surface area contributed by atoms with E-state index in [2.05, 4.69) is 0 Å². The second-order valence-electron chi connectivity index (χ2n) is 15.4. The maximum atomic E-state index is 12.1. The van der Waals surface area contributed by atoms with Crippen molar-refractivity contribution < 1.29 is 58.7 Å². The summed E-state index contributed by atoms with van der Waals surface area (Å²) in [5.41, 5.74) is 4.40. The predicted octanol–water partition coefficient (Wildman–Crippen LogP) is 10.4. The lowest BCUT2D eigenvalue weighted by molar-refractivity contribution is -0.137. The Kier molecular flexibility index (Phi) is 11.9. The van der Waals surface area contributed by atoms with Crippen LogP contribution in [-0.2, 0) is 16.0 Å². The third-order valence-corrected chi connectivity index (χ3v) is 11.0. The van der Waals surface area contributed by atoms with Crippen LogP contribution in [0.4, 0.5) is 0 Å². The second kappa shape index (κ2) is 18.1. The Morgan fingerprint density at radius 2 is 0.940 bits per heavy atom. The van der Waals surface area contributed by atoms with Crippen molar-refractivity contribution in [1.82, 2.24) is 0 Å². The first-order chi connectivity index (χ1) is 32.1. The maximum Gasteiger partial charge on any atom is 0.336 e. The molecule has 10 rings (SSSR count). The van der Waals surface area contributed by atoms with Gasteiger partial charge in [0.1, 0.15) is 33.8 Å². The van der Waals surface area contributed by atoms with Gasteiger partial charge in [0.2, 0.25) is 0 Å². The minimum absolute atomic E-state index is 0.0418. The Labute approximate surface area is 377 Å². The molecule has 0 aliphatic heterocycles. The Balaban J connectivity index is 0.000000170. The van der Waals surface area contributed by atoms with Gasteiger partial charge in [-0.05, 0) is 113 Å². The molecule has 67 heavy (non-hydrogen) atoms. The molecule has 0 spiro atoms. The van der Waals surface area contributed by atoms with Gasteiger partial charge in [0.05, 0.1) is 11.1 Å². The van der Waals surface area contributed by atoms with Crippen LogP contribution >= 0.6 is 0 Å². The largest absolute Gasteiger partial charge is 0.508 e. The molecule has 332 valence electrons. The van der Waals surface area contributed by atoms with Gasteiger partial charge in [0, 0.05) is 68.9 Å². The van der Waals surface area contributed by atoms with E-state index in [1.807, 2.05) is 12.1 Å². The number of rotatable bonds is 7. The summed E-state index contributed by atoms with van der Waals surface area (Å²) in [7, 11) is 0. The number of carboxylic acid groups (broad SMARTS) is 4.